The maximum absolute atomic E-state index is 5.93. The fourth-order valence-corrected chi connectivity index (χ4v) is 2.84. The molecule has 0 bridgehead atoms. The summed E-state index contributed by atoms with van der Waals surface area (Å²) < 4.78 is 2.15. The Bertz CT molecular complexity index is 359. The van der Waals surface area contributed by atoms with Crippen LogP contribution in [0.3, 0.4) is 0 Å². The maximum atomic E-state index is 5.93. The van der Waals surface area contributed by atoms with Gasteiger partial charge in [0.2, 0.25) is 0 Å². The van der Waals surface area contributed by atoms with Gasteiger partial charge in [-0.2, -0.15) is 0 Å². The zero-order valence-corrected chi connectivity index (χ0v) is 9.73. The minimum Gasteiger partial charge on any atom is -0.381 e. The van der Waals surface area contributed by atoms with Gasteiger partial charge in [0.05, 0.1) is 11.7 Å². The van der Waals surface area contributed by atoms with E-state index in [1.54, 1.807) is 0 Å². The molecule has 0 atom stereocenters. The summed E-state index contributed by atoms with van der Waals surface area (Å²) >= 11 is 0. The monoisotopic (exact) mass is 220 g/mol. The molecule has 0 aliphatic heterocycles. The van der Waals surface area contributed by atoms with Gasteiger partial charge in [-0.1, -0.05) is 30.9 Å². The Kier molecular flexibility index (Phi) is 2.58. The van der Waals surface area contributed by atoms with E-state index in [4.69, 9.17) is 5.73 Å². The maximum Gasteiger partial charge on any atom is 0.169 e. The molecule has 2 fully saturated rings. The van der Waals surface area contributed by atoms with Gasteiger partial charge in [-0.15, -0.1) is 5.10 Å². The van der Waals surface area contributed by atoms with Crippen molar-refractivity contribution >= 4 is 5.82 Å². The topological polar surface area (TPSA) is 56.7 Å². The van der Waals surface area contributed by atoms with Crippen LogP contribution in [-0.4, -0.2) is 15.0 Å². The molecule has 0 aromatic carbocycles. The predicted octanol–water partition coefficient (Wildman–Crippen LogP) is 2.63. The SMILES string of the molecule is Nc1nnn(C2CCCCCC2)c1C1CC1. The first-order chi connectivity index (χ1) is 7.86. The van der Waals surface area contributed by atoms with Crippen LogP contribution in [0.25, 0.3) is 0 Å². The molecule has 3 rings (SSSR count). The van der Waals surface area contributed by atoms with Crippen molar-refractivity contribution in [2.45, 2.75) is 63.3 Å². The summed E-state index contributed by atoms with van der Waals surface area (Å²) in [6.07, 6.45) is 10.4. The lowest BCUT2D eigenvalue weighted by atomic mass is 10.1. The predicted molar refractivity (Wildman–Crippen MR) is 63.1 cm³/mol. The fraction of sp³-hybridized carbons (Fsp3) is 0.833. The van der Waals surface area contributed by atoms with E-state index in [1.807, 2.05) is 0 Å². The average Bonchev–Trinajstić information content (AvgIpc) is 3.08. The highest BCUT2D eigenvalue weighted by atomic mass is 15.5. The van der Waals surface area contributed by atoms with E-state index in [0.29, 0.717) is 17.8 Å². The van der Waals surface area contributed by atoms with Crippen molar-refractivity contribution < 1.29 is 0 Å². The highest BCUT2D eigenvalue weighted by Gasteiger charge is 2.32. The molecule has 2 saturated carbocycles. The fourth-order valence-electron chi connectivity index (χ4n) is 2.84. The van der Waals surface area contributed by atoms with Gasteiger partial charge in [0.15, 0.2) is 5.82 Å². The summed E-state index contributed by atoms with van der Waals surface area (Å²) in [7, 11) is 0. The number of aromatic nitrogens is 3. The lowest BCUT2D eigenvalue weighted by Crippen LogP contribution is -2.13. The third-order valence-corrected chi connectivity index (χ3v) is 3.89. The normalized spacial score (nSPS) is 23.2. The molecule has 0 spiro atoms. The Morgan fingerprint density at radius 3 is 2.31 bits per heavy atom. The van der Waals surface area contributed by atoms with Crippen molar-refractivity contribution in [1.29, 1.82) is 0 Å². The summed E-state index contributed by atoms with van der Waals surface area (Å²) in [4.78, 5) is 0. The number of nitrogens with zero attached hydrogens (tertiary/aromatic N) is 3. The van der Waals surface area contributed by atoms with Crippen LogP contribution in [0.2, 0.25) is 0 Å². The molecule has 4 nitrogen and oxygen atoms in total. The number of rotatable bonds is 2. The molecule has 0 unspecified atom stereocenters. The number of nitrogens with two attached hydrogens (primary N) is 1. The van der Waals surface area contributed by atoms with Crippen molar-refractivity contribution in [1.82, 2.24) is 15.0 Å². The summed E-state index contributed by atoms with van der Waals surface area (Å²) in [6.45, 7) is 0. The number of hydrogen-bond acceptors (Lipinski definition) is 3. The number of hydrogen-bond donors (Lipinski definition) is 1. The first-order valence-corrected chi connectivity index (χ1v) is 6.57. The summed E-state index contributed by atoms with van der Waals surface area (Å²) in [5.41, 5.74) is 7.16. The van der Waals surface area contributed by atoms with E-state index in [9.17, 15) is 0 Å². The van der Waals surface area contributed by atoms with E-state index in [1.165, 1.54) is 57.1 Å². The molecule has 0 amide bonds. The molecule has 1 aromatic rings. The Labute approximate surface area is 96.2 Å². The Morgan fingerprint density at radius 2 is 1.69 bits per heavy atom. The summed E-state index contributed by atoms with van der Waals surface area (Å²) in [5.74, 6) is 1.32. The minimum atomic E-state index is 0.558. The van der Waals surface area contributed by atoms with Crippen molar-refractivity contribution in [3.63, 3.8) is 0 Å². The van der Waals surface area contributed by atoms with Gasteiger partial charge >= 0.3 is 0 Å². The molecule has 2 N–H and O–H groups in total. The van der Waals surface area contributed by atoms with Crippen molar-refractivity contribution in [3.05, 3.63) is 5.69 Å². The minimum absolute atomic E-state index is 0.558. The van der Waals surface area contributed by atoms with Crippen molar-refractivity contribution in [3.8, 4) is 0 Å². The van der Waals surface area contributed by atoms with Gasteiger partial charge in [0.25, 0.3) is 0 Å². The van der Waals surface area contributed by atoms with Gasteiger partial charge in [-0.3, -0.25) is 0 Å². The molecular formula is C12H20N4. The summed E-state index contributed by atoms with van der Waals surface area (Å²) in [5, 5.41) is 8.36. The molecular weight excluding hydrogens is 200 g/mol. The van der Waals surface area contributed by atoms with Crippen LogP contribution in [0.4, 0.5) is 5.82 Å². The first kappa shape index (κ1) is 10.1. The van der Waals surface area contributed by atoms with Gasteiger partial charge in [-0.05, 0) is 25.7 Å². The molecule has 1 heterocycles. The van der Waals surface area contributed by atoms with Crippen LogP contribution in [0.15, 0.2) is 0 Å². The average molecular weight is 220 g/mol. The van der Waals surface area contributed by atoms with E-state index in [-0.39, 0.29) is 0 Å². The highest BCUT2D eigenvalue weighted by molar-refractivity contribution is 5.38. The second kappa shape index (κ2) is 4.07. The van der Waals surface area contributed by atoms with Crippen LogP contribution >= 0.6 is 0 Å². The Morgan fingerprint density at radius 1 is 1.00 bits per heavy atom. The van der Waals surface area contributed by atoms with Gasteiger partial charge in [-0.25, -0.2) is 4.68 Å². The van der Waals surface area contributed by atoms with Gasteiger partial charge in [0.1, 0.15) is 0 Å². The molecule has 4 heteroatoms. The van der Waals surface area contributed by atoms with E-state index < -0.39 is 0 Å². The highest BCUT2D eigenvalue weighted by Crippen LogP contribution is 2.43. The number of nitrogen functional groups attached to an aromatic ring is 1. The Balaban J connectivity index is 1.86. The van der Waals surface area contributed by atoms with E-state index in [0.717, 1.165) is 0 Å². The van der Waals surface area contributed by atoms with Crippen molar-refractivity contribution in [2.75, 3.05) is 5.73 Å². The summed E-state index contributed by atoms with van der Waals surface area (Å²) in [6, 6.07) is 0.558. The van der Waals surface area contributed by atoms with Crippen LogP contribution in [0, 0.1) is 0 Å². The van der Waals surface area contributed by atoms with Crippen LogP contribution in [-0.2, 0) is 0 Å². The third kappa shape index (κ3) is 1.81. The Hall–Kier alpha value is -1.06. The second-order valence-corrected chi connectivity index (χ2v) is 5.22. The largest absolute Gasteiger partial charge is 0.381 e. The van der Waals surface area contributed by atoms with Gasteiger partial charge in [0, 0.05) is 5.92 Å². The standard InChI is InChI=1S/C12H20N4/c13-12-11(9-7-8-9)16(15-14-12)10-5-3-1-2-4-6-10/h9-10H,1-8,13H2. The molecule has 88 valence electrons. The quantitative estimate of drug-likeness (QED) is 0.779. The van der Waals surface area contributed by atoms with Crippen LogP contribution < -0.4 is 5.73 Å². The molecule has 2 aliphatic rings. The number of anilines is 1. The van der Waals surface area contributed by atoms with Crippen LogP contribution in [0.1, 0.15) is 69.0 Å². The smallest absolute Gasteiger partial charge is 0.169 e. The van der Waals surface area contributed by atoms with Crippen molar-refractivity contribution in [2.24, 2.45) is 0 Å². The zero-order chi connectivity index (χ0) is 11.0. The second-order valence-electron chi connectivity index (χ2n) is 5.22. The molecule has 1 aromatic heterocycles. The van der Waals surface area contributed by atoms with Gasteiger partial charge < -0.3 is 5.73 Å². The van der Waals surface area contributed by atoms with E-state index >= 15 is 0 Å². The third-order valence-electron chi connectivity index (χ3n) is 3.89. The first-order valence-electron chi connectivity index (χ1n) is 6.57. The zero-order valence-electron chi connectivity index (χ0n) is 9.73. The molecule has 2 aliphatic carbocycles. The lowest BCUT2D eigenvalue weighted by molar-refractivity contribution is 0.385. The van der Waals surface area contributed by atoms with E-state index in [2.05, 4.69) is 15.0 Å². The lowest BCUT2D eigenvalue weighted by Gasteiger charge is -2.16. The molecule has 16 heavy (non-hydrogen) atoms. The molecule has 0 saturated heterocycles. The van der Waals surface area contributed by atoms with Crippen LogP contribution in [0.5, 0.6) is 0 Å². The molecule has 0 radical (unpaired) electrons.